The maximum absolute atomic E-state index is 13.0. The molecule has 3 aromatic rings. The summed E-state index contributed by atoms with van der Waals surface area (Å²) in [6.45, 7) is 5.91. The number of nitrogens with zero attached hydrogens (tertiary/aromatic N) is 5. The van der Waals surface area contributed by atoms with Crippen molar-refractivity contribution in [3.8, 4) is 0 Å². The largest absolute Gasteiger partial charge is 0.395 e. The molecule has 0 radical (unpaired) electrons. The number of rotatable bonds is 10. The lowest BCUT2D eigenvalue weighted by Gasteiger charge is -2.23. The zero-order chi connectivity index (χ0) is 27.1. The van der Waals surface area contributed by atoms with Crippen molar-refractivity contribution < 1.29 is 19.4 Å². The second kappa shape index (κ2) is 10.6. The zero-order valence-corrected chi connectivity index (χ0v) is 23.2. The normalized spacial score (nSPS) is 28.9. The van der Waals surface area contributed by atoms with E-state index in [1.165, 1.54) is 5.56 Å². The summed E-state index contributed by atoms with van der Waals surface area (Å²) in [5, 5.41) is 25.3. The Morgan fingerprint density at radius 2 is 1.97 bits per heavy atom. The van der Waals surface area contributed by atoms with Crippen LogP contribution in [0.5, 0.6) is 0 Å². The molecule has 12 heteroatoms. The quantitative estimate of drug-likeness (QED) is 0.254. The fourth-order valence-corrected chi connectivity index (χ4v) is 6.44. The van der Waals surface area contributed by atoms with Crippen molar-refractivity contribution in [3.05, 3.63) is 35.9 Å². The van der Waals surface area contributed by atoms with E-state index in [1.807, 2.05) is 19.9 Å². The van der Waals surface area contributed by atoms with Gasteiger partial charge in [0, 0.05) is 24.3 Å². The molecule has 3 heterocycles. The second-order valence-corrected chi connectivity index (χ2v) is 12.0. The predicted octanol–water partition coefficient (Wildman–Crippen LogP) is 2.88. The van der Waals surface area contributed by atoms with E-state index in [0.717, 1.165) is 18.6 Å². The summed E-state index contributed by atoms with van der Waals surface area (Å²) in [6.07, 6.45) is 1.67. The summed E-state index contributed by atoms with van der Waals surface area (Å²) in [4.78, 5) is 22.7. The van der Waals surface area contributed by atoms with Gasteiger partial charge < -0.3 is 25.2 Å². The van der Waals surface area contributed by atoms with E-state index in [1.54, 1.807) is 16.4 Å². The third kappa shape index (κ3) is 5.22. The Bertz CT molecular complexity index is 1340. The predicted molar refractivity (Wildman–Crippen MR) is 146 cm³/mol. The summed E-state index contributed by atoms with van der Waals surface area (Å²) < 4.78 is 14.3. The highest BCUT2D eigenvalue weighted by Gasteiger charge is 2.57. The molecule has 6 rings (SSSR count). The second-order valence-electron chi connectivity index (χ2n) is 10.9. The van der Waals surface area contributed by atoms with Crippen LogP contribution < -0.4 is 10.6 Å². The molecule has 1 saturated heterocycles. The van der Waals surface area contributed by atoms with Crippen LogP contribution in [-0.2, 0) is 14.3 Å². The molecule has 1 amide bonds. The van der Waals surface area contributed by atoms with Gasteiger partial charge in [0.2, 0.25) is 5.91 Å². The number of carbonyl (C=O) groups is 1. The van der Waals surface area contributed by atoms with Crippen LogP contribution in [0, 0.1) is 5.92 Å². The molecule has 3 aliphatic rings. The summed E-state index contributed by atoms with van der Waals surface area (Å²) >= 11 is 1.61. The fourth-order valence-electron chi connectivity index (χ4n) is 5.75. The maximum atomic E-state index is 13.0. The summed E-state index contributed by atoms with van der Waals surface area (Å²) in [6, 6.07) is 10.5. The Kier molecular flexibility index (Phi) is 7.21. The van der Waals surface area contributed by atoms with Crippen molar-refractivity contribution >= 4 is 34.7 Å². The van der Waals surface area contributed by atoms with Gasteiger partial charge in [0.15, 0.2) is 27.9 Å². The van der Waals surface area contributed by atoms with Gasteiger partial charge in [-0.1, -0.05) is 54.2 Å². The van der Waals surface area contributed by atoms with Crippen molar-refractivity contribution in [2.45, 2.75) is 81.2 Å². The van der Waals surface area contributed by atoms with Gasteiger partial charge in [0.25, 0.3) is 0 Å². The number of fused-ring (bicyclic) bond motifs is 2. The highest BCUT2D eigenvalue weighted by molar-refractivity contribution is 7.99. The van der Waals surface area contributed by atoms with E-state index in [0.29, 0.717) is 34.5 Å². The Morgan fingerprint density at radius 3 is 2.74 bits per heavy atom. The minimum atomic E-state index is -0.831. The highest BCUT2D eigenvalue weighted by Crippen LogP contribution is 2.48. The van der Waals surface area contributed by atoms with E-state index in [4.69, 9.17) is 19.4 Å². The molecule has 0 bridgehead atoms. The number of hydrogen-bond acceptors (Lipinski definition) is 10. The Morgan fingerprint density at radius 1 is 1.18 bits per heavy atom. The van der Waals surface area contributed by atoms with Crippen molar-refractivity contribution in [1.29, 1.82) is 0 Å². The lowest BCUT2D eigenvalue weighted by molar-refractivity contribution is -0.163. The van der Waals surface area contributed by atoms with E-state index in [-0.39, 0.29) is 31.1 Å². The molecular formula is C27H35N7O4S. The first-order valence-electron chi connectivity index (χ1n) is 13.7. The van der Waals surface area contributed by atoms with Gasteiger partial charge >= 0.3 is 0 Å². The summed E-state index contributed by atoms with van der Waals surface area (Å²) in [5.74, 6) is 0.571. The molecule has 1 aliphatic heterocycles. The Balaban J connectivity index is 1.32. The summed E-state index contributed by atoms with van der Waals surface area (Å²) in [7, 11) is 0. The Hall–Kier alpha value is -2.80. The first kappa shape index (κ1) is 26.4. The van der Waals surface area contributed by atoms with Gasteiger partial charge in [-0.25, -0.2) is 14.6 Å². The van der Waals surface area contributed by atoms with Gasteiger partial charge in [-0.15, -0.1) is 5.10 Å². The molecule has 2 aromatic heterocycles. The van der Waals surface area contributed by atoms with Crippen LogP contribution in [0.15, 0.2) is 35.5 Å². The van der Waals surface area contributed by atoms with Gasteiger partial charge in [-0.05, 0) is 38.7 Å². The first-order valence-corrected chi connectivity index (χ1v) is 14.7. The highest BCUT2D eigenvalue weighted by atomic mass is 32.2. The number of amides is 1. The number of thioether (sulfide) groups is 1. The molecule has 2 saturated carbocycles. The SMILES string of the molecule is CCCSc1nc(N[C@H]2C[C@H]2c2ccccc2)c2nnn([C@H]3C[C@@H](C(=O)NCCO)[C@@H]4OC(C)(C)O[C@@H]43)c2n1. The van der Waals surface area contributed by atoms with Crippen LogP contribution in [-0.4, -0.2) is 78.9 Å². The Labute approximate surface area is 231 Å². The van der Waals surface area contributed by atoms with Crippen LogP contribution in [0.2, 0.25) is 0 Å². The molecule has 1 aromatic carbocycles. The number of benzene rings is 1. The first-order chi connectivity index (χ1) is 18.9. The number of nitrogens with one attached hydrogen (secondary N) is 2. The topological polar surface area (TPSA) is 136 Å². The number of aliphatic hydroxyl groups excluding tert-OH is 1. The van der Waals surface area contributed by atoms with E-state index in [2.05, 4.69) is 52.1 Å². The van der Waals surface area contributed by atoms with E-state index in [9.17, 15) is 9.90 Å². The van der Waals surface area contributed by atoms with E-state index < -0.39 is 23.9 Å². The van der Waals surface area contributed by atoms with Crippen LogP contribution in [0.25, 0.3) is 11.2 Å². The average Bonchev–Trinajstić information content (AvgIpc) is 3.25. The minimum absolute atomic E-state index is 0.121. The fraction of sp³-hybridized carbons (Fsp3) is 0.593. The molecule has 11 nitrogen and oxygen atoms in total. The lowest BCUT2D eigenvalue weighted by Crippen LogP contribution is -2.38. The van der Waals surface area contributed by atoms with Gasteiger partial charge in [-0.3, -0.25) is 4.79 Å². The molecular weight excluding hydrogens is 518 g/mol. The molecule has 0 unspecified atom stereocenters. The molecule has 0 spiro atoms. The average molecular weight is 554 g/mol. The number of aromatic nitrogens is 5. The van der Waals surface area contributed by atoms with Crippen molar-refractivity contribution in [3.63, 3.8) is 0 Å². The molecule has 6 atom stereocenters. The smallest absolute Gasteiger partial charge is 0.226 e. The number of ether oxygens (including phenoxy) is 2. The molecule has 3 fully saturated rings. The molecule has 208 valence electrons. The van der Waals surface area contributed by atoms with Gasteiger partial charge in [0.05, 0.1) is 18.6 Å². The molecule has 3 N–H and O–H groups in total. The monoisotopic (exact) mass is 553 g/mol. The standard InChI is InChI=1S/C27H35N7O4S/c1-4-12-39-26-30-23(29-18-13-16(18)15-8-6-5-7-9-15)20-24(31-26)34(33-32-20)19-14-17(25(36)28-10-11-35)21-22(19)38-27(2,3)37-21/h5-9,16-19,21-22,35H,4,10-14H2,1-3H3,(H,28,36)(H,29,30,31)/t16-,17+,18-,19-,21-,22+/m0/s1. The van der Waals surface area contributed by atoms with Crippen molar-refractivity contribution in [2.75, 3.05) is 24.2 Å². The minimum Gasteiger partial charge on any atom is -0.395 e. The van der Waals surface area contributed by atoms with Crippen LogP contribution in [0.1, 0.15) is 57.6 Å². The number of aliphatic hydroxyl groups is 1. The third-order valence-electron chi connectivity index (χ3n) is 7.58. The number of hydrogen-bond donors (Lipinski definition) is 3. The lowest BCUT2D eigenvalue weighted by atomic mass is 10.0. The van der Waals surface area contributed by atoms with Crippen molar-refractivity contribution in [2.24, 2.45) is 5.92 Å². The molecule has 39 heavy (non-hydrogen) atoms. The maximum Gasteiger partial charge on any atom is 0.226 e. The zero-order valence-electron chi connectivity index (χ0n) is 22.4. The van der Waals surface area contributed by atoms with Gasteiger partial charge in [-0.2, -0.15) is 0 Å². The number of carbonyl (C=O) groups excluding carboxylic acids is 1. The van der Waals surface area contributed by atoms with Crippen LogP contribution >= 0.6 is 11.8 Å². The van der Waals surface area contributed by atoms with E-state index >= 15 is 0 Å². The van der Waals surface area contributed by atoms with Crippen LogP contribution in [0.3, 0.4) is 0 Å². The van der Waals surface area contributed by atoms with Gasteiger partial charge in [0.1, 0.15) is 12.2 Å². The summed E-state index contributed by atoms with van der Waals surface area (Å²) in [5.41, 5.74) is 2.54. The third-order valence-corrected chi connectivity index (χ3v) is 8.63. The van der Waals surface area contributed by atoms with Crippen molar-refractivity contribution in [1.82, 2.24) is 30.3 Å². The van der Waals surface area contributed by atoms with Crippen LogP contribution in [0.4, 0.5) is 5.82 Å². The number of anilines is 1. The molecule has 2 aliphatic carbocycles.